The molecule has 0 aliphatic rings. The molecule has 1 aromatic rings. The van der Waals surface area contributed by atoms with Crippen LogP contribution in [0.5, 0.6) is 5.75 Å². The Morgan fingerprint density at radius 1 is 1.44 bits per heavy atom. The highest BCUT2D eigenvalue weighted by Gasteiger charge is 2.01. The lowest BCUT2D eigenvalue weighted by atomic mass is 10.2. The monoisotopic (exact) mass is 242 g/mol. The summed E-state index contributed by atoms with van der Waals surface area (Å²) in [5, 5.41) is 0. The molecule has 1 rings (SSSR count). The van der Waals surface area contributed by atoms with E-state index in [0.29, 0.717) is 11.3 Å². The van der Waals surface area contributed by atoms with E-state index in [1.165, 1.54) is 13.2 Å². The summed E-state index contributed by atoms with van der Waals surface area (Å²) in [6, 6.07) is 4.73. The lowest BCUT2D eigenvalue weighted by Gasteiger charge is -2.05. The van der Waals surface area contributed by atoms with Crippen LogP contribution in [0, 0.1) is 5.82 Å². The minimum absolute atomic E-state index is 0.119. The molecule has 0 saturated heterocycles. The van der Waals surface area contributed by atoms with Gasteiger partial charge in [0.15, 0.2) is 6.79 Å². The number of hydrogen-bond acceptors (Lipinski definition) is 3. The molecular weight excluding hydrogens is 227 g/mol. The zero-order valence-corrected chi connectivity index (χ0v) is 10.0. The van der Waals surface area contributed by atoms with Crippen LogP contribution in [0.4, 0.5) is 4.39 Å². The van der Waals surface area contributed by atoms with Crippen molar-refractivity contribution in [2.24, 2.45) is 0 Å². The normalized spacial score (nSPS) is 10.9. The van der Waals surface area contributed by atoms with Crippen LogP contribution in [0.3, 0.4) is 0 Å². The molecule has 0 fully saturated rings. The van der Waals surface area contributed by atoms with Crippen LogP contribution in [0.25, 0.3) is 6.08 Å². The molecule has 0 spiro atoms. The van der Waals surface area contributed by atoms with Crippen LogP contribution in [0.15, 0.2) is 24.3 Å². The Balaban J connectivity index is 2.67. The van der Waals surface area contributed by atoms with Gasteiger partial charge in [0.2, 0.25) is 0 Å². The minimum atomic E-state index is -0.302. The van der Waals surface area contributed by atoms with Gasteiger partial charge in [-0.2, -0.15) is 12.6 Å². The molecule has 2 nitrogen and oxygen atoms in total. The number of hydrogen-bond donors (Lipinski definition) is 1. The standard InChI is InChI=1S/C12H15FO2S/c1-14-9-15-11-6-5-10(12(13)8-11)4-2-3-7-16/h2,4-6,8,16H,3,7,9H2,1H3. The van der Waals surface area contributed by atoms with E-state index in [1.807, 2.05) is 6.08 Å². The van der Waals surface area contributed by atoms with Gasteiger partial charge in [0.1, 0.15) is 11.6 Å². The van der Waals surface area contributed by atoms with Crippen molar-refractivity contribution in [1.82, 2.24) is 0 Å². The van der Waals surface area contributed by atoms with Crippen molar-refractivity contribution in [3.8, 4) is 5.75 Å². The predicted octanol–water partition coefficient (Wildman–Crippen LogP) is 3.14. The molecule has 0 aromatic heterocycles. The van der Waals surface area contributed by atoms with Crippen LogP contribution in [0.2, 0.25) is 0 Å². The minimum Gasteiger partial charge on any atom is -0.467 e. The summed E-state index contributed by atoms with van der Waals surface area (Å²) >= 11 is 4.07. The second-order valence-electron chi connectivity index (χ2n) is 3.15. The van der Waals surface area contributed by atoms with E-state index in [-0.39, 0.29) is 12.6 Å². The molecule has 16 heavy (non-hydrogen) atoms. The van der Waals surface area contributed by atoms with Crippen molar-refractivity contribution in [1.29, 1.82) is 0 Å². The fourth-order valence-corrected chi connectivity index (χ4v) is 1.29. The van der Waals surface area contributed by atoms with Crippen LogP contribution in [0.1, 0.15) is 12.0 Å². The second-order valence-corrected chi connectivity index (χ2v) is 3.60. The Morgan fingerprint density at radius 2 is 2.25 bits per heavy atom. The van der Waals surface area contributed by atoms with E-state index in [4.69, 9.17) is 9.47 Å². The van der Waals surface area contributed by atoms with Crippen LogP contribution in [-0.2, 0) is 4.74 Å². The zero-order chi connectivity index (χ0) is 11.8. The molecule has 1 aromatic carbocycles. The summed E-state index contributed by atoms with van der Waals surface area (Å²) in [6.45, 7) is 0.119. The molecule has 0 aliphatic carbocycles. The number of halogens is 1. The first-order valence-corrected chi connectivity index (χ1v) is 5.60. The van der Waals surface area contributed by atoms with Gasteiger partial charge in [-0.1, -0.05) is 12.2 Å². The Bertz CT molecular complexity index is 353. The van der Waals surface area contributed by atoms with Crippen LogP contribution >= 0.6 is 12.6 Å². The topological polar surface area (TPSA) is 18.5 Å². The highest BCUT2D eigenvalue weighted by molar-refractivity contribution is 7.80. The molecule has 0 atom stereocenters. The quantitative estimate of drug-likeness (QED) is 0.610. The van der Waals surface area contributed by atoms with Crippen molar-refractivity contribution >= 4 is 18.7 Å². The third kappa shape index (κ3) is 4.24. The second kappa shape index (κ2) is 7.30. The number of rotatable bonds is 6. The molecule has 0 radical (unpaired) electrons. The van der Waals surface area contributed by atoms with Crippen molar-refractivity contribution < 1.29 is 13.9 Å². The lowest BCUT2D eigenvalue weighted by molar-refractivity contribution is 0.0509. The van der Waals surface area contributed by atoms with Gasteiger partial charge < -0.3 is 9.47 Å². The smallest absolute Gasteiger partial charge is 0.188 e. The third-order valence-electron chi connectivity index (χ3n) is 1.91. The average Bonchev–Trinajstić information content (AvgIpc) is 2.29. The van der Waals surface area contributed by atoms with Gasteiger partial charge in [-0.15, -0.1) is 0 Å². The summed E-state index contributed by atoms with van der Waals surface area (Å²) in [4.78, 5) is 0. The van der Waals surface area contributed by atoms with Crippen LogP contribution in [-0.4, -0.2) is 19.7 Å². The van der Waals surface area contributed by atoms with Crippen molar-refractivity contribution in [2.45, 2.75) is 6.42 Å². The van der Waals surface area contributed by atoms with E-state index < -0.39 is 0 Å². The summed E-state index contributed by atoms with van der Waals surface area (Å²) in [6.07, 6.45) is 4.46. The zero-order valence-electron chi connectivity index (χ0n) is 9.15. The van der Waals surface area contributed by atoms with E-state index in [2.05, 4.69) is 12.6 Å². The highest BCUT2D eigenvalue weighted by Crippen LogP contribution is 2.18. The number of benzene rings is 1. The highest BCUT2D eigenvalue weighted by atomic mass is 32.1. The van der Waals surface area contributed by atoms with Crippen molar-refractivity contribution in [3.05, 3.63) is 35.7 Å². The maximum Gasteiger partial charge on any atom is 0.188 e. The fourth-order valence-electron chi connectivity index (χ4n) is 1.14. The molecule has 0 unspecified atom stereocenters. The largest absolute Gasteiger partial charge is 0.467 e. The Labute approximate surface area is 100 Å². The molecule has 0 aliphatic heterocycles. The number of allylic oxidation sites excluding steroid dienone is 1. The number of methoxy groups -OCH3 is 1. The van der Waals surface area contributed by atoms with E-state index in [1.54, 1.807) is 18.2 Å². The average molecular weight is 242 g/mol. The van der Waals surface area contributed by atoms with Crippen molar-refractivity contribution in [3.63, 3.8) is 0 Å². The molecule has 0 bridgehead atoms. The Kier molecular flexibility index (Phi) is 5.96. The maximum absolute atomic E-state index is 13.5. The summed E-state index contributed by atoms with van der Waals surface area (Å²) in [5.74, 6) is 0.919. The maximum atomic E-state index is 13.5. The molecule has 0 heterocycles. The van der Waals surface area contributed by atoms with Gasteiger partial charge in [-0.05, 0) is 24.3 Å². The van der Waals surface area contributed by atoms with E-state index in [9.17, 15) is 4.39 Å². The predicted molar refractivity (Wildman–Crippen MR) is 66.4 cm³/mol. The summed E-state index contributed by atoms with van der Waals surface area (Å²) in [7, 11) is 1.52. The number of thiol groups is 1. The van der Waals surface area contributed by atoms with Gasteiger partial charge in [0, 0.05) is 18.7 Å². The SMILES string of the molecule is COCOc1ccc(C=CCCS)c(F)c1. The van der Waals surface area contributed by atoms with Gasteiger partial charge in [-0.3, -0.25) is 0 Å². The molecule has 0 N–H and O–H groups in total. The summed E-state index contributed by atoms with van der Waals surface area (Å²) in [5.41, 5.74) is 0.548. The number of ether oxygens (including phenoxy) is 2. The van der Waals surface area contributed by atoms with Gasteiger partial charge >= 0.3 is 0 Å². The molecule has 0 saturated carbocycles. The third-order valence-corrected chi connectivity index (χ3v) is 2.17. The fraction of sp³-hybridized carbons (Fsp3) is 0.333. The first kappa shape index (κ1) is 13.1. The first-order valence-electron chi connectivity index (χ1n) is 4.96. The van der Waals surface area contributed by atoms with Gasteiger partial charge in [-0.25, -0.2) is 4.39 Å². The van der Waals surface area contributed by atoms with Crippen LogP contribution < -0.4 is 4.74 Å². The van der Waals surface area contributed by atoms with E-state index in [0.717, 1.165) is 12.2 Å². The van der Waals surface area contributed by atoms with Gasteiger partial charge in [0.05, 0.1) is 0 Å². The van der Waals surface area contributed by atoms with Crippen molar-refractivity contribution in [2.75, 3.05) is 19.7 Å². The first-order chi connectivity index (χ1) is 7.77. The Morgan fingerprint density at radius 3 is 2.88 bits per heavy atom. The molecule has 88 valence electrons. The summed E-state index contributed by atoms with van der Waals surface area (Å²) < 4.78 is 23.4. The molecular formula is C12H15FO2S. The molecule has 0 amide bonds. The Hall–Kier alpha value is -1.00. The molecule has 4 heteroatoms. The van der Waals surface area contributed by atoms with Gasteiger partial charge in [0.25, 0.3) is 0 Å². The van der Waals surface area contributed by atoms with E-state index >= 15 is 0 Å². The lowest BCUT2D eigenvalue weighted by Crippen LogP contribution is -1.99.